The van der Waals surface area contributed by atoms with Crippen LogP contribution < -0.4 is 10.2 Å². The fourth-order valence-corrected chi connectivity index (χ4v) is 6.52. The summed E-state index contributed by atoms with van der Waals surface area (Å²) in [4.78, 5) is 29.4. The van der Waals surface area contributed by atoms with Gasteiger partial charge in [0.25, 0.3) is 5.91 Å². The minimum absolute atomic E-state index is 0.00615. The number of hydrogen-bond acceptors (Lipinski definition) is 6. The third-order valence-electron chi connectivity index (χ3n) is 9.18. The Balaban J connectivity index is 1.28. The van der Waals surface area contributed by atoms with Gasteiger partial charge in [-0.25, -0.2) is 4.79 Å². The lowest BCUT2D eigenvalue weighted by Gasteiger charge is -2.43. The van der Waals surface area contributed by atoms with Gasteiger partial charge >= 0.3 is 12.3 Å². The van der Waals surface area contributed by atoms with Gasteiger partial charge in [-0.1, -0.05) is 12.1 Å². The molecule has 3 heterocycles. The number of hydrogen-bond donors (Lipinski definition) is 1. The number of halogens is 3. The number of carbonyl (C=O) groups is 2. The lowest BCUT2D eigenvalue weighted by atomic mass is 9.78. The van der Waals surface area contributed by atoms with Gasteiger partial charge in [0.05, 0.1) is 18.0 Å². The van der Waals surface area contributed by atoms with Gasteiger partial charge in [0, 0.05) is 49.4 Å². The number of carbonyl (C=O) groups excluding carboxylic acids is 2. The maximum atomic E-state index is 14.3. The van der Waals surface area contributed by atoms with E-state index in [4.69, 9.17) is 4.74 Å². The van der Waals surface area contributed by atoms with E-state index in [1.165, 1.54) is 11.0 Å². The number of alkyl halides is 3. The summed E-state index contributed by atoms with van der Waals surface area (Å²) in [6.07, 6.45) is -0.340. The molecule has 1 saturated carbocycles. The van der Waals surface area contributed by atoms with Crippen LogP contribution in [0.4, 0.5) is 23.7 Å². The summed E-state index contributed by atoms with van der Waals surface area (Å²) in [5.41, 5.74) is 0.386. The molecule has 0 spiro atoms. The predicted molar refractivity (Wildman–Crippen MR) is 162 cm³/mol. The van der Waals surface area contributed by atoms with Gasteiger partial charge in [0.2, 0.25) is 0 Å². The van der Waals surface area contributed by atoms with Crippen molar-refractivity contribution < 1.29 is 27.5 Å². The standard InChI is InChI=1S/C33H39F3N6O3/c1-31(2,3)45-30(44)41-16-22(17-41)27(28-39-38-19-40(28)5)21-8-6-9-23(14-21)42-18-25-24(29(42)43)12-20(13-26(25)33(34,35)36)15-37-32(4)10-7-11-32/h6,8-9,12-14,19,22,27,37H,7,10-11,15-18H2,1-5H3. The van der Waals surface area contributed by atoms with Crippen LogP contribution >= 0.6 is 0 Å². The molecular formula is C33H39F3N6O3. The molecule has 2 aliphatic heterocycles. The Morgan fingerprint density at radius 3 is 2.49 bits per heavy atom. The molecule has 1 saturated heterocycles. The van der Waals surface area contributed by atoms with Crippen LogP contribution in [-0.2, 0) is 31.1 Å². The monoisotopic (exact) mass is 624 g/mol. The van der Waals surface area contributed by atoms with Gasteiger partial charge in [-0.2, -0.15) is 13.2 Å². The van der Waals surface area contributed by atoms with Crippen molar-refractivity contribution in [3.8, 4) is 0 Å². The molecule has 0 radical (unpaired) electrons. The molecule has 0 bridgehead atoms. The van der Waals surface area contributed by atoms with Crippen LogP contribution in [-0.4, -0.2) is 55.9 Å². The number of nitrogens with one attached hydrogen (secondary N) is 1. The maximum Gasteiger partial charge on any atom is 0.416 e. The van der Waals surface area contributed by atoms with Crippen molar-refractivity contribution in [3.63, 3.8) is 0 Å². The molecule has 3 aromatic rings. The Bertz CT molecular complexity index is 1620. The normalized spacial score (nSPS) is 18.8. The first-order chi connectivity index (χ1) is 21.1. The predicted octanol–water partition coefficient (Wildman–Crippen LogP) is 6.03. The first-order valence-corrected chi connectivity index (χ1v) is 15.3. The van der Waals surface area contributed by atoms with E-state index >= 15 is 0 Å². The van der Waals surface area contributed by atoms with Crippen molar-refractivity contribution >= 4 is 17.7 Å². The van der Waals surface area contributed by atoms with Crippen molar-refractivity contribution in [1.82, 2.24) is 25.0 Å². The highest BCUT2D eigenvalue weighted by molar-refractivity contribution is 6.10. The molecule has 12 heteroatoms. The topological polar surface area (TPSA) is 92.6 Å². The third kappa shape index (κ3) is 6.16. The van der Waals surface area contributed by atoms with Crippen molar-refractivity contribution in [2.45, 2.75) is 83.3 Å². The smallest absolute Gasteiger partial charge is 0.416 e. The van der Waals surface area contributed by atoms with Crippen molar-refractivity contribution in [2.24, 2.45) is 13.0 Å². The number of ether oxygens (including phenoxy) is 1. The zero-order valence-corrected chi connectivity index (χ0v) is 26.2. The average Bonchev–Trinajstić information content (AvgIpc) is 3.48. The number of benzene rings is 2. The summed E-state index contributed by atoms with van der Waals surface area (Å²) in [6, 6.07) is 10.1. The van der Waals surface area contributed by atoms with Gasteiger partial charge in [-0.15, -0.1) is 10.2 Å². The molecule has 3 aliphatic rings. The van der Waals surface area contributed by atoms with E-state index in [2.05, 4.69) is 22.4 Å². The molecule has 2 fully saturated rings. The second kappa shape index (κ2) is 11.1. The number of likely N-dealkylation sites (tertiary alicyclic amines) is 1. The summed E-state index contributed by atoms with van der Waals surface area (Å²) in [5.74, 6) is -0.0490. The highest BCUT2D eigenvalue weighted by atomic mass is 19.4. The Kier molecular flexibility index (Phi) is 7.70. The van der Waals surface area contributed by atoms with Gasteiger partial charge < -0.3 is 24.4 Å². The minimum Gasteiger partial charge on any atom is -0.444 e. The average molecular weight is 625 g/mol. The molecule has 45 heavy (non-hydrogen) atoms. The van der Waals surface area contributed by atoms with E-state index in [-0.39, 0.29) is 47.7 Å². The highest BCUT2D eigenvalue weighted by Crippen LogP contribution is 2.42. The van der Waals surface area contributed by atoms with Gasteiger partial charge in [0.15, 0.2) is 0 Å². The number of rotatable bonds is 7. The molecule has 2 aromatic carbocycles. The molecule has 9 nitrogen and oxygen atoms in total. The fourth-order valence-electron chi connectivity index (χ4n) is 6.52. The van der Waals surface area contributed by atoms with Crippen LogP contribution in [0.3, 0.4) is 0 Å². The van der Waals surface area contributed by atoms with Crippen LogP contribution in [0.25, 0.3) is 0 Å². The maximum absolute atomic E-state index is 14.3. The van der Waals surface area contributed by atoms with Crippen molar-refractivity contribution in [2.75, 3.05) is 18.0 Å². The molecular weight excluding hydrogens is 585 g/mol. The van der Waals surface area contributed by atoms with E-state index in [1.807, 2.05) is 44.5 Å². The number of amides is 2. The van der Waals surface area contributed by atoms with E-state index in [0.29, 0.717) is 30.2 Å². The van der Waals surface area contributed by atoms with Crippen molar-refractivity contribution in [3.05, 3.63) is 76.4 Å². The van der Waals surface area contributed by atoms with Crippen LogP contribution in [0.15, 0.2) is 42.7 Å². The Morgan fingerprint density at radius 1 is 1.16 bits per heavy atom. The number of aryl methyl sites for hydroxylation is 1. The molecule has 1 atom stereocenters. The van der Waals surface area contributed by atoms with Crippen LogP contribution in [0, 0.1) is 5.92 Å². The van der Waals surface area contributed by atoms with Crippen LogP contribution in [0.5, 0.6) is 0 Å². The summed E-state index contributed by atoms with van der Waals surface area (Å²) in [7, 11) is 1.84. The molecule has 1 N–H and O–H groups in total. The summed E-state index contributed by atoms with van der Waals surface area (Å²) in [6.45, 7) is 8.49. The molecule has 240 valence electrons. The Labute approximate surface area is 260 Å². The number of aromatic nitrogens is 3. The summed E-state index contributed by atoms with van der Waals surface area (Å²) >= 11 is 0. The molecule has 6 rings (SSSR count). The molecule has 1 aliphatic carbocycles. The Morgan fingerprint density at radius 2 is 1.89 bits per heavy atom. The van der Waals surface area contributed by atoms with Gasteiger partial charge in [-0.3, -0.25) is 4.79 Å². The zero-order valence-electron chi connectivity index (χ0n) is 26.2. The zero-order chi connectivity index (χ0) is 32.3. The second-order valence-electron chi connectivity index (χ2n) is 13.8. The van der Waals surface area contributed by atoms with E-state index < -0.39 is 23.2 Å². The van der Waals surface area contributed by atoms with Crippen molar-refractivity contribution in [1.29, 1.82) is 0 Å². The lowest BCUT2D eigenvalue weighted by Crippen LogP contribution is -2.53. The second-order valence-corrected chi connectivity index (χ2v) is 13.8. The number of anilines is 1. The quantitative estimate of drug-likeness (QED) is 0.346. The van der Waals surface area contributed by atoms with Gasteiger partial charge in [-0.05, 0) is 87.9 Å². The van der Waals surface area contributed by atoms with E-state index in [1.54, 1.807) is 29.4 Å². The van der Waals surface area contributed by atoms with E-state index in [0.717, 1.165) is 24.8 Å². The van der Waals surface area contributed by atoms with Gasteiger partial charge in [0.1, 0.15) is 17.8 Å². The minimum atomic E-state index is -4.60. The van der Waals surface area contributed by atoms with E-state index in [9.17, 15) is 22.8 Å². The fraction of sp³-hybridized carbons (Fsp3) is 0.515. The SMILES string of the molecule is Cn1cnnc1C(c1cccc(N2Cc3c(cc(CNC4(C)CCC4)cc3C(F)(F)F)C2=O)c1)C1CN(C(=O)OC(C)(C)C)C1. The van der Waals surface area contributed by atoms with Crippen LogP contribution in [0.2, 0.25) is 0 Å². The lowest BCUT2D eigenvalue weighted by molar-refractivity contribution is -0.138. The first kappa shape index (κ1) is 31.1. The number of fused-ring (bicyclic) bond motifs is 1. The largest absolute Gasteiger partial charge is 0.444 e. The molecule has 2 amide bonds. The Hall–Kier alpha value is -3.93. The third-order valence-corrected chi connectivity index (χ3v) is 9.18. The summed E-state index contributed by atoms with van der Waals surface area (Å²) in [5, 5.41) is 11.8. The van der Waals surface area contributed by atoms with Crippen LogP contribution in [0.1, 0.15) is 91.3 Å². The molecule has 1 unspecified atom stereocenters. The highest BCUT2D eigenvalue weighted by Gasteiger charge is 2.43. The summed E-state index contributed by atoms with van der Waals surface area (Å²) < 4.78 is 50.3. The first-order valence-electron chi connectivity index (χ1n) is 15.3. The molecule has 1 aromatic heterocycles. The number of nitrogens with zero attached hydrogens (tertiary/aromatic N) is 5.